The zero-order chi connectivity index (χ0) is 22.2. The van der Waals surface area contributed by atoms with Gasteiger partial charge in [0.05, 0.1) is 5.56 Å². The second kappa shape index (κ2) is 8.30. The molecule has 1 N–H and O–H groups in total. The lowest BCUT2D eigenvalue weighted by Gasteiger charge is -2.17. The van der Waals surface area contributed by atoms with E-state index in [2.05, 4.69) is 36.5 Å². The highest BCUT2D eigenvalue weighted by atomic mass is 16.2. The van der Waals surface area contributed by atoms with Crippen molar-refractivity contribution in [2.45, 2.75) is 51.6 Å². The molecule has 0 saturated heterocycles. The van der Waals surface area contributed by atoms with Crippen LogP contribution in [0.2, 0.25) is 0 Å². The molecule has 0 aliphatic heterocycles. The van der Waals surface area contributed by atoms with Crippen molar-refractivity contribution in [1.82, 2.24) is 14.5 Å². The van der Waals surface area contributed by atoms with Gasteiger partial charge in [-0.1, -0.05) is 62.2 Å². The van der Waals surface area contributed by atoms with Crippen LogP contribution < -0.4 is 10.9 Å². The summed E-state index contributed by atoms with van der Waals surface area (Å²) in [5.41, 5.74) is 4.49. The summed E-state index contributed by atoms with van der Waals surface area (Å²) < 4.78 is 3.76. The van der Waals surface area contributed by atoms with Gasteiger partial charge in [-0.2, -0.15) is 0 Å². The van der Waals surface area contributed by atoms with Crippen LogP contribution in [-0.2, 0) is 20.0 Å². The number of pyridine rings is 1. The average molecular weight is 428 g/mol. The maximum absolute atomic E-state index is 13.5. The molecule has 4 aromatic rings. The second-order valence-corrected chi connectivity index (χ2v) is 8.85. The van der Waals surface area contributed by atoms with E-state index in [-0.39, 0.29) is 17.5 Å². The summed E-state index contributed by atoms with van der Waals surface area (Å²) in [6.45, 7) is 2.59. The molecule has 0 atom stereocenters. The molecule has 2 aromatic carbocycles. The molecule has 164 valence electrons. The molecule has 1 amide bonds. The molecule has 0 spiro atoms. The smallest absolute Gasteiger partial charge is 0.275 e. The van der Waals surface area contributed by atoms with E-state index in [1.54, 1.807) is 0 Å². The Morgan fingerprint density at radius 2 is 1.72 bits per heavy atom. The highest BCUT2D eigenvalue weighted by Crippen LogP contribution is 2.33. The lowest BCUT2D eigenvalue weighted by atomic mass is 10.1. The number of aryl methyl sites for hydroxylation is 2. The monoisotopic (exact) mass is 427 g/mol. The Kier molecular flexibility index (Phi) is 5.33. The van der Waals surface area contributed by atoms with Crippen LogP contribution in [0.25, 0.3) is 21.8 Å². The fraction of sp³-hybridized carbons (Fsp3) is 0.333. The molecule has 5 heteroatoms. The Balaban J connectivity index is 1.61. The zero-order valence-electron chi connectivity index (χ0n) is 18.7. The van der Waals surface area contributed by atoms with Crippen molar-refractivity contribution in [2.75, 3.05) is 0 Å². The molecule has 2 aromatic heterocycles. The predicted molar refractivity (Wildman–Crippen MR) is 129 cm³/mol. The molecule has 0 radical (unpaired) electrons. The predicted octanol–water partition coefficient (Wildman–Crippen LogP) is 5.10. The summed E-state index contributed by atoms with van der Waals surface area (Å²) in [5.74, 6) is -0.141. The lowest BCUT2D eigenvalue weighted by Crippen LogP contribution is -2.29. The van der Waals surface area contributed by atoms with E-state index in [9.17, 15) is 9.59 Å². The van der Waals surface area contributed by atoms with E-state index < -0.39 is 0 Å². The highest BCUT2D eigenvalue weighted by Gasteiger charge is 2.25. The standard InChI is InChI=1S/C27H29N3O2/c1-3-18-12-14-19(15-13-18)16-28-26(31)22-17-30(20-8-4-5-9-20)27(32)25-24(22)21-10-6-7-11-23(21)29(25)2/h6-7,10-15,17,20H,3-5,8-9,16H2,1-2H3,(H,28,31). The Hall–Kier alpha value is -3.34. The number of nitrogens with zero attached hydrogens (tertiary/aromatic N) is 2. The molecular formula is C27H29N3O2. The van der Waals surface area contributed by atoms with Gasteiger partial charge in [-0.25, -0.2) is 0 Å². The average Bonchev–Trinajstić information content (AvgIpc) is 3.46. The van der Waals surface area contributed by atoms with Crippen molar-refractivity contribution in [2.24, 2.45) is 7.05 Å². The van der Waals surface area contributed by atoms with Crippen LogP contribution >= 0.6 is 0 Å². The maximum Gasteiger partial charge on any atom is 0.275 e. The summed E-state index contributed by atoms with van der Waals surface area (Å²) in [6, 6.07) is 16.4. The van der Waals surface area contributed by atoms with Crippen LogP contribution in [0, 0.1) is 0 Å². The number of amides is 1. The van der Waals surface area contributed by atoms with Gasteiger partial charge in [0.15, 0.2) is 0 Å². The van der Waals surface area contributed by atoms with Crippen LogP contribution in [0.5, 0.6) is 0 Å². The number of hydrogen-bond acceptors (Lipinski definition) is 2. The van der Waals surface area contributed by atoms with Crippen LogP contribution in [0.4, 0.5) is 0 Å². The van der Waals surface area contributed by atoms with Crippen molar-refractivity contribution in [1.29, 1.82) is 0 Å². The van der Waals surface area contributed by atoms with E-state index in [4.69, 9.17) is 0 Å². The first-order valence-corrected chi connectivity index (χ1v) is 11.6. The molecule has 5 nitrogen and oxygen atoms in total. The number of para-hydroxylation sites is 1. The molecule has 1 saturated carbocycles. The number of nitrogens with one attached hydrogen (secondary N) is 1. The van der Waals surface area contributed by atoms with Crippen molar-refractivity contribution < 1.29 is 4.79 Å². The van der Waals surface area contributed by atoms with Crippen molar-refractivity contribution in [3.8, 4) is 0 Å². The summed E-state index contributed by atoms with van der Waals surface area (Å²) in [4.78, 5) is 27.0. The first-order valence-electron chi connectivity index (χ1n) is 11.6. The van der Waals surface area contributed by atoms with Crippen molar-refractivity contribution in [3.05, 3.63) is 81.8 Å². The number of benzene rings is 2. The normalized spacial score (nSPS) is 14.4. The van der Waals surface area contributed by atoms with E-state index >= 15 is 0 Å². The fourth-order valence-electron chi connectivity index (χ4n) is 5.10. The first kappa shape index (κ1) is 20.6. The number of carbonyl (C=O) groups excluding carboxylic acids is 1. The van der Waals surface area contributed by atoms with Crippen LogP contribution in [-0.4, -0.2) is 15.0 Å². The molecule has 0 unspecified atom stereocenters. The number of rotatable bonds is 5. The molecule has 5 rings (SSSR count). The summed E-state index contributed by atoms with van der Waals surface area (Å²) in [6.07, 6.45) is 7.02. The summed E-state index contributed by atoms with van der Waals surface area (Å²) in [5, 5.41) is 4.79. The van der Waals surface area contributed by atoms with Gasteiger partial charge >= 0.3 is 0 Å². The molecule has 0 bridgehead atoms. The number of aromatic nitrogens is 2. The summed E-state index contributed by atoms with van der Waals surface area (Å²) >= 11 is 0. The Morgan fingerprint density at radius 1 is 1.03 bits per heavy atom. The van der Waals surface area contributed by atoms with Crippen LogP contribution in [0.3, 0.4) is 0 Å². The van der Waals surface area contributed by atoms with E-state index in [0.717, 1.165) is 54.0 Å². The van der Waals surface area contributed by atoms with Gasteiger partial charge in [0.1, 0.15) is 5.52 Å². The first-order chi connectivity index (χ1) is 15.6. The van der Waals surface area contributed by atoms with Crippen molar-refractivity contribution >= 4 is 27.7 Å². The Bertz CT molecular complexity index is 1360. The Morgan fingerprint density at radius 3 is 2.44 bits per heavy atom. The Labute approximate surface area is 187 Å². The molecule has 1 fully saturated rings. The highest BCUT2D eigenvalue weighted by molar-refractivity contribution is 6.17. The van der Waals surface area contributed by atoms with Crippen LogP contribution in [0.1, 0.15) is 60.1 Å². The van der Waals surface area contributed by atoms with Crippen LogP contribution in [0.15, 0.2) is 59.5 Å². The van der Waals surface area contributed by atoms with E-state index in [1.807, 2.05) is 46.6 Å². The molecule has 2 heterocycles. The third-order valence-electron chi connectivity index (χ3n) is 6.93. The largest absolute Gasteiger partial charge is 0.348 e. The van der Waals surface area contributed by atoms with Gasteiger partial charge in [-0.15, -0.1) is 0 Å². The maximum atomic E-state index is 13.5. The van der Waals surface area contributed by atoms with Gasteiger partial charge in [-0.05, 0) is 36.5 Å². The lowest BCUT2D eigenvalue weighted by molar-refractivity contribution is 0.0951. The number of hydrogen-bond donors (Lipinski definition) is 1. The minimum atomic E-state index is -0.141. The van der Waals surface area contributed by atoms with E-state index in [0.29, 0.717) is 17.6 Å². The van der Waals surface area contributed by atoms with Gasteiger partial charge < -0.3 is 14.5 Å². The van der Waals surface area contributed by atoms with Gasteiger partial charge in [-0.3, -0.25) is 9.59 Å². The number of carbonyl (C=O) groups is 1. The molecule has 32 heavy (non-hydrogen) atoms. The minimum absolute atomic E-state index is 0.00250. The topological polar surface area (TPSA) is 56.0 Å². The fourth-order valence-corrected chi connectivity index (χ4v) is 5.10. The van der Waals surface area contributed by atoms with E-state index in [1.165, 1.54) is 5.56 Å². The zero-order valence-corrected chi connectivity index (χ0v) is 18.7. The van der Waals surface area contributed by atoms with Gasteiger partial charge in [0.25, 0.3) is 11.5 Å². The number of fused-ring (bicyclic) bond motifs is 3. The quantitative estimate of drug-likeness (QED) is 0.482. The van der Waals surface area contributed by atoms with Crippen molar-refractivity contribution in [3.63, 3.8) is 0 Å². The van der Waals surface area contributed by atoms with Gasteiger partial charge in [0.2, 0.25) is 0 Å². The second-order valence-electron chi connectivity index (χ2n) is 8.85. The molecular weight excluding hydrogens is 398 g/mol. The van der Waals surface area contributed by atoms with Gasteiger partial charge in [0, 0.05) is 42.1 Å². The third kappa shape index (κ3) is 3.42. The molecule has 1 aliphatic rings. The molecule has 1 aliphatic carbocycles. The minimum Gasteiger partial charge on any atom is -0.348 e. The SMILES string of the molecule is CCc1ccc(CNC(=O)c2cn(C3CCCC3)c(=O)c3c2c2ccccc2n3C)cc1. The summed E-state index contributed by atoms with van der Waals surface area (Å²) in [7, 11) is 1.92. The third-order valence-corrected chi connectivity index (χ3v) is 6.93.